The quantitative estimate of drug-likeness (QED) is 0.918. The summed E-state index contributed by atoms with van der Waals surface area (Å²) in [7, 11) is 0. The zero-order valence-corrected chi connectivity index (χ0v) is 12.9. The van der Waals surface area contributed by atoms with Crippen LogP contribution < -0.4 is 5.32 Å². The van der Waals surface area contributed by atoms with Crippen LogP contribution in [0.2, 0.25) is 0 Å². The Kier molecular flexibility index (Phi) is 5.22. The second-order valence-corrected chi connectivity index (χ2v) is 6.11. The molecule has 0 radical (unpaired) electrons. The summed E-state index contributed by atoms with van der Waals surface area (Å²) in [5.41, 5.74) is 1.40. The molecule has 1 saturated heterocycles. The van der Waals surface area contributed by atoms with E-state index in [-0.39, 0.29) is 0 Å². The molecule has 0 saturated carbocycles. The predicted molar refractivity (Wildman–Crippen MR) is 80.7 cm³/mol. The Labute approximate surface area is 119 Å². The smallest absolute Gasteiger partial charge is 0.0245 e. The summed E-state index contributed by atoms with van der Waals surface area (Å²) in [6.45, 7) is 9.09. The van der Waals surface area contributed by atoms with Crippen LogP contribution in [0.5, 0.6) is 0 Å². The van der Waals surface area contributed by atoms with Gasteiger partial charge in [-0.15, -0.1) is 0 Å². The number of benzene rings is 1. The minimum atomic E-state index is 0.700. The zero-order chi connectivity index (χ0) is 13.0. The molecule has 1 aromatic rings. The highest BCUT2D eigenvalue weighted by atomic mass is 79.9. The van der Waals surface area contributed by atoms with Gasteiger partial charge in [-0.2, -0.15) is 0 Å². The number of hydrogen-bond donors (Lipinski definition) is 1. The molecule has 2 unspecified atom stereocenters. The fraction of sp³-hybridized carbons (Fsp3) is 0.600. The molecule has 2 nitrogen and oxygen atoms in total. The third kappa shape index (κ3) is 3.56. The highest BCUT2D eigenvalue weighted by molar-refractivity contribution is 9.10. The Balaban J connectivity index is 1.91. The van der Waals surface area contributed by atoms with Gasteiger partial charge in [0.15, 0.2) is 0 Å². The minimum Gasteiger partial charge on any atom is -0.314 e. The topological polar surface area (TPSA) is 15.3 Å². The maximum atomic E-state index is 3.64. The SMILES string of the molecule is CCNC1CCN(Cc2ccccc2Br)CC1C. The second kappa shape index (κ2) is 6.69. The molecule has 1 aliphatic rings. The summed E-state index contributed by atoms with van der Waals surface area (Å²) >= 11 is 3.64. The van der Waals surface area contributed by atoms with Crippen LogP contribution in [0.3, 0.4) is 0 Å². The summed E-state index contributed by atoms with van der Waals surface area (Å²) in [6.07, 6.45) is 1.26. The van der Waals surface area contributed by atoms with Gasteiger partial charge in [0.2, 0.25) is 0 Å². The maximum Gasteiger partial charge on any atom is 0.0245 e. The monoisotopic (exact) mass is 310 g/mol. The molecule has 18 heavy (non-hydrogen) atoms. The van der Waals surface area contributed by atoms with E-state index in [9.17, 15) is 0 Å². The van der Waals surface area contributed by atoms with Crippen molar-refractivity contribution in [3.63, 3.8) is 0 Å². The number of piperidine rings is 1. The van der Waals surface area contributed by atoms with Gasteiger partial charge in [0, 0.05) is 23.6 Å². The van der Waals surface area contributed by atoms with Crippen molar-refractivity contribution in [3.05, 3.63) is 34.3 Å². The average Bonchev–Trinajstić information content (AvgIpc) is 2.36. The molecule has 1 aromatic carbocycles. The Morgan fingerprint density at radius 2 is 2.17 bits per heavy atom. The van der Waals surface area contributed by atoms with Crippen LogP contribution >= 0.6 is 15.9 Å². The third-order valence-electron chi connectivity index (χ3n) is 3.81. The second-order valence-electron chi connectivity index (χ2n) is 5.26. The van der Waals surface area contributed by atoms with E-state index in [0.717, 1.165) is 19.0 Å². The van der Waals surface area contributed by atoms with Gasteiger partial charge < -0.3 is 5.32 Å². The number of likely N-dealkylation sites (tertiary alicyclic amines) is 1. The lowest BCUT2D eigenvalue weighted by Crippen LogP contribution is -2.47. The number of halogens is 1. The fourth-order valence-corrected chi connectivity index (χ4v) is 3.22. The molecular formula is C15H23BrN2. The molecule has 0 spiro atoms. The van der Waals surface area contributed by atoms with Crippen molar-refractivity contribution in [2.24, 2.45) is 5.92 Å². The Hall–Kier alpha value is -0.380. The molecule has 2 rings (SSSR count). The number of hydrogen-bond acceptors (Lipinski definition) is 2. The van der Waals surface area contributed by atoms with Gasteiger partial charge in [-0.1, -0.05) is 48.0 Å². The predicted octanol–water partition coefficient (Wildman–Crippen LogP) is 3.27. The van der Waals surface area contributed by atoms with Gasteiger partial charge in [0.1, 0.15) is 0 Å². The minimum absolute atomic E-state index is 0.700. The molecule has 2 atom stereocenters. The van der Waals surface area contributed by atoms with Crippen molar-refractivity contribution in [2.75, 3.05) is 19.6 Å². The van der Waals surface area contributed by atoms with Gasteiger partial charge in [0.25, 0.3) is 0 Å². The van der Waals surface area contributed by atoms with Gasteiger partial charge >= 0.3 is 0 Å². The van der Waals surface area contributed by atoms with Crippen molar-refractivity contribution >= 4 is 15.9 Å². The van der Waals surface area contributed by atoms with Crippen LogP contribution in [-0.2, 0) is 6.54 Å². The summed E-state index contributed by atoms with van der Waals surface area (Å²) in [5.74, 6) is 0.737. The Bertz CT molecular complexity index is 381. The summed E-state index contributed by atoms with van der Waals surface area (Å²) in [4.78, 5) is 2.57. The van der Waals surface area contributed by atoms with E-state index < -0.39 is 0 Å². The van der Waals surface area contributed by atoms with Gasteiger partial charge in [-0.05, 0) is 37.1 Å². The lowest BCUT2D eigenvalue weighted by molar-refractivity contribution is 0.142. The van der Waals surface area contributed by atoms with E-state index in [2.05, 4.69) is 64.3 Å². The number of nitrogens with one attached hydrogen (secondary N) is 1. The first-order valence-corrected chi connectivity index (χ1v) is 7.69. The summed E-state index contributed by atoms with van der Waals surface area (Å²) in [5, 5.41) is 3.59. The lowest BCUT2D eigenvalue weighted by atomic mass is 9.93. The molecule has 0 aromatic heterocycles. The molecule has 1 fully saturated rings. The average molecular weight is 311 g/mol. The van der Waals surface area contributed by atoms with E-state index in [1.165, 1.54) is 29.5 Å². The summed E-state index contributed by atoms with van der Waals surface area (Å²) < 4.78 is 1.23. The maximum absolute atomic E-state index is 3.64. The Morgan fingerprint density at radius 3 is 2.83 bits per heavy atom. The third-order valence-corrected chi connectivity index (χ3v) is 4.58. The molecule has 100 valence electrons. The van der Waals surface area contributed by atoms with Crippen LogP contribution in [0.25, 0.3) is 0 Å². The molecule has 0 aliphatic carbocycles. The van der Waals surface area contributed by atoms with Crippen molar-refractivity contribution in [1.29, 1.82) is 0 Å². The normalized spacial score (nSPS) is 25.3. The van der Waals surface area contributed by atoms with E-state index in [1.54, 1.807) is 0 Å². The van der Waals surface area contributed by atoms with Crippen molar-refractivity contribution < 1.29 is 0 Å². The molecule has 3 heteroatoms. The van der Waals surface area contributed by atoms with Gasteiger partial charge in [-0.3, -0.25) is 4.90 Å². The first kappa shape index (κ1) is 14.0. The Morgan fingerprint density at radius 1 is 1.39 bits per heavy atom. The molecular weight excluding hydrogens is 288 g/mol. The number of rotatable bonds is 4. The largest absolute Gasteiger partial charge is 0.314 e. The van der Waals surface area contributed by atoms with Crippen molar-refractivity contribution in [1.82, 2.24) is 10.2 Å². The van der Waals surface area contributed by atoms with Crippen molar-refractivity contribution in [3.8, 4) is 0 Å². The van der Waals surface area contributed by atoms with Crippen molar-refractivity contribution in [2.45, 2.75) is 32.9 Å². The molecule has 0 amide bonds. The first-order valence-electron chi connectivity index (χ1n) is 6.90. The lowest BCUT2D eigenvalue weighted by Gasteiger charge is -2.37. The van der Waals surface area contributed by atoms with E-state index >= 15 is 0 Å². The fourth-order valence-electron chi connectivity index (χ4n) is 2.81. The van der Waals surface area contributed by atoms with E-state index in [0.29, 0.717) is 6.04 Å². The van der Waals surface area contributed by atoms with E-state index in [4.69, 9.17) is 0 Å². The van der Waals surface area contributed by atoms with Crippen LogP contribution in [0.1, 0.15) is 25.8 Å². The highest BCUT2D eigenvalue weighted by Gasteiger charge is 2.25. The van der Waals surface area contributed by atoms with Gasteiger partial charge in [0.05, 0.1) is 0 Å². The summed E-state index contributed by atoms with van der Waals surface area (Å²) in [6, 6.07) is 9.24. The van der Waals surface area contributed by atoms with Crippen LogP contribution in [0, 0.1) is 5.92 Å². The van der Waals surface area contributed by atoms with E-state index in [1.807, 2.05) is 0 Å². The molecule has 1 aliphatic heterocycles. The van der Waals surface area contributed by atoms with Crippen LogP contribution in [0.4, 0.5) is 0 Å². The molecule has 1 N–H and O–H groups in total. The van der Waals surface area contributed by atoms with Crippen LogP contribution in [-0.4, -0.2) is 30.6 Å². The first-order chi connectivity index (χ1) is 8.70. The highest BCUT2D eigenvalue weighted by Crippen LogP contribution is 2.22. The number of nitrogens with zero attached hydrogens (tertiary/aromatic N) is 1. The zero-order valence-electron chi connectivity index (χ0n) is 11.3. The van der Waals surface area contributed by atoms with Crippen LogP contribution in [0.15, 0.2) is 28.7 Å². The molecule has 1 heterocycles. The standard InChI is InChI=1S/C15H23BrN2/c1-3-17-15-8-9-18(10-12(15)2)11-13-6-4-5-7-14(13)16/h4-7,12,15,17H,3,8-11H2,1-2H3. The van der Waals surface area contributed by atoms with Gasteiger partial charge in [-0.25, -0.2) is 0 Å². The molecule has 0 bridgehead atoms.